The van der Waals surface area contributed by atoms with E-state index in [0.29, 0.717) is 50.0 Å². The third kappa shape index (κ3) is 4.20. The predicted molar refractivity (Wildman–Crippen MR) is 109 cm³/mol. The van der Waals surface area contributed by atoms with Crippen LogP contribution in [0.25, 0.3) is 11.7 Å². The van der Waals surface area contributed by atoms with Crippen LogP contribution in [0.15, 0.2) is 39.4 Å². The zero-order valence-electron chi connectivity index (χ0n) is 16.2. The normalized spacial score (nSPS) is 14.7. The standard InChI is InChI=1S/C21H22N4O3S/c1-2-15-5-6-16(29-15)13-23-19(26)14-7-9-25(10-8-14)21-17(12-22)24-20(28-21)18-4-3-11-27-18/h3-6,11,14H,2,7-10,13H2,1H3,(H,23,26). The molecule has 1 saturated heterocycles. The van der Waals surface area contributed by atoms with E-state index in [-0.39, 0.29) is 17.5 Å². The Kier molecular flexibility index (Phi) is 5.67. The highest BCUT2D eigenvalue weighted by atomic mass is 32.1. The number of rotatable bonds is 6. The number of thiophene rings is 1. The fourth-order valence-electron chi connectivity index (χ4n) is 3.48. The molecule has 0 bridgehead atoms. The molecule has 150 valence electrons. The van der Waals surface area contributed by atoms with Gasteiger partial charge in [-0.1, -0.05) is 6.92 Å². The Morgan fingerprint density at radius 1 is 1.34 bits per heavy atom. The van der Waals surface area contributed by atoms with Gasteiger partial charge < -0.3 is 19.1 Å². The van der Waals surface area contributed by atoms with E-state index in [9.17, 15) is 10.1 Å². The molecule has 1 amide bonds. The number of hydrogen-bond acceptors (Lipinski definition) is 7. The van der Waals surface area contributed by atoms with E-state index >= 15 is 0 Å². The van der Waals surface area contributed by atoms with Crippen molar-refractivity contribution in [2.75, 3.05) is 18.0 Å². The topological polar surface area (TPSA) is 95.3 Å². The number of carbonyl (C=O) groups is 1. The lowest BCUT2D eigenvalue weighted by Crippen LogP contribution is -2.40. The summed E-state index contributed by atoms with van der Waals surface area (Å²) in [7, 11) is 0. The minimum atomic E-state index is -0.0325. The summed E-state index contributed by atoms with van der Waals surface area (Å²) in [5.41, 5.74) is 0.240. The molecule has 4 heterocycles. The molecule has 8 heteroatoms. The molecule has 3 aromatic rings. The van der Waals surface area contributed by atoms with Crippen LogP contribution in [-0.2, 0) is 17.8 Å². The first-order valence-electron chi connectivity index (χ1n) is 9.73. The van der Waals surface area contributed by atoms with Crippen LogP contribution in [0.4, 0.5) is 5.88 Å². The zero-order valence-corrected chi connectivity index (χ0v) is 17.0. The van der Waals surface area contributed by atoms with E-state index in [1.165, 1.54) is 16.0 Å². The summed E-state index contributed by atoms with van der Waals surface area (Å²) in [6.45, 7) is 3.99. The van der Waals surface area contributed by atoms with Crippen molar-refractivity contribution in [2.24, 2.45) is 5.92 Å². The van der Waals surface area contributed by atoms with Crippen LogP contribution >= 0.6 is 11.3 Å². The number of furan rings is 1. The second-order valence-electron chi connectivity index (χ2n) is 6.96. The molecule has 1 aliphatic rings. The number of nitriles is 1. The van der Waals surface area contributed by atoms with Crippen LogP contribution in [0, 0.1) is 17.2 Å². The first-order chi connectivity index (χ1) is 14.2. The van der Waals surface area contributed by atoms with Crippen LogP contribution in [-0.4, -0.2) is 24.0 Å². The van der Waals surface area contributed by atoms with Gasteiger partial charge in [-0.05, 0) is 43.5 Å². The molecule has 1 aliphatic heterocycles. The molecule has 0 aliphatic carbocycles. The summed E-state index contributed by atoms with van der Waals surface area (Å²) < 4.78 is 11.1. The van der Waals surface area contributed by atoms with Crippen molar-refractivity contribution in [3.05, 3.63) is 46.0 Å². The van der Waals surface area contributed by atoms with Gasteiger partial charge in [0.1, 0.15) is 6.07 Å². The van der Waals surface area contributed by atoms with Gasteiger partial charge in [0.15, 0.2) is 5.76 Å². The van der Waals surface area contributed by atoms with Crippen LogP contribution in [0.1, 0.15) is 35.2 Å². The predicted octanol–water partition coefficient (Wildman–Crippen LogP) is 3.96. The Morgan fingerprint density at radius 2 is 2.14 bits per heavy atom. The summed E-state index contributed by atoms with van der Waals surface area (Å²) in [6, 6.07) is 9.77. The highest BCUT2D eigenvalue weighted by Gasteiger charge is 2.29. The zero-order chi connectivity index (χ0) is 20.2. The van der Waals surface area contributed by atoms with E-state index in [2.05, 4.69) is 35.4 Å². The van der Waals surface area contributed by atoms with E-state index < -0.39 is 0 Å². The van der Waals surface area contributed by atoms with Gasteiger partial charge in [0.25, 0.3) is 5.89 Å². The number of amides is 1. The van der Waals surface area contributed by atoms with E-state index in [1.807, 2.05) is 4.90 Å². The molecule has 4 rings (SSSR count). The van der Waals surface area contributed by atoms with Gasteiger partial charge in [-0.2, -0.15) is 10.2 Å². The third-order valence-corrected chi connectivity index (χ3v) is 6.33. The maximum Gasteiger partial charge on any atom is 0.266 e. The second kappa shape index (κ2) is 8.53. The van der Waals surface area contributed by atoms with Crippen molar-refractivity contribution in [1.29, 1.82) is 5.26 Å². The fraction of sp³-hybridized carbons (Fsp3) is 0.381. The number of aryl methyl sites for hydroxylation is 1. The molecule has 3 aromatic heterocycles. The number of anilines is 1. The van der Waals surface area contributed by atoms with Crippen molar-refractivity contribution in [1.82, 2.24) is 10.3 Å². The number of aromatic nitrogens is 1. The molecule has 0 atom stereocenters. The average molecular weight is 410 g/mol. The Hall–Kier alpha value is -3.05. The Bertz CT molecular complexity index is 1010. The molecule has 1 N–H and O–H groups in total. The van der Waals surface area contributed by atoms with E-state index in [0.717, 1.165) is 6.42 Å². The van der Waals surface area contributed by atoms with Crippen LogP contribution in [0.3, 0.4) is 0 Å². The molecular weight excluding hydrogens is 388 g/mol. The summed E-state index contributed by atoms with van der Waals surface area (Å²) in [6.07, 6.45) is 3.97. The Morgan fingerprint density at radius 3 is 2.79 bits per heavy atom. The van der Waals surface area contributed by atoms with Gasteiger partial charge in [0, 0.05) is 28.8 Å². The quantitative estimate of drug-likeness (QED) is 0.661. The van der Waals surface area contributed by atoms with Crippen LogP contribution < -0.4 is 10.2 Å². The van der Waals surface area contributed by atoms with Gasteiger partial charge in [-0.15, -0.1) is 11.3 Å². The maximum atomic E-state index is 12.5. The molecule has 7 nitrogen and oxygen atoms in total. The highest BCUT2D eigenvalue weighted by Crippen LogP contribution is 2.31. The smallest absolute Gasteiger partial charge is 0.266 e. The lowest BCUT2D eigenvalue weighted by molar-refractivity contribution is -0.125. The molecule has 0 unspecified atom stereocenters. The largest absolute Gasteiger partial charge is 0.459 e. The molecule has 1 fully saturated rings. The molecular formula is C21H22N4O3S. The van der Waals surface area contributed by atoms with Crippen LogP contribution in [0.5, 0.6) is 0 Å². The van der Waals surface area contributed by atoms with E-state index in [1.54, 1.807) is 23.5 Å². The number of carbonyl (C=O) groups excluding carboxylic acids is 1. The molecule has 0 saturated carbocycles. The number of hydrogen-bond donors (Lipinski definition) is 1. The lowest BCUT2D eigenvalue weighted by Gasteiger charge is -2.30. The van der Waals surface area contributed by atoms with E-state index in [4.69, 9.17) is 8.83 Å². The average Bonchev–Trinajstić information content (AvgIpc) is 3.52. The van der Waals surface area contributed by atoms with Crippen molar-refractivity contribution in [3.63, 3.8) is 0 Å². The Labute approximate surface area is 173 Å². The summed E-state index contributed by atoms with van der Waals surface area (Å²) in [5, 5.41) is 12.5. The molecule has 0 spiro atoms. The second-order valence-corrected chi connectivity index (χ2v) is 8.22. The van der Waals surface area contributed by atoms with Gasteiger partial charge >= 0.3 is 0 Å². The lowest BCUT2D eigenvalue weighted by atomic mass is 9.96. The van der Waals surface area contributed by atoms with Crippen molar-refractivity contribution >= 4 is 23.1 Å². The molecule has 0 radical (unpaired) electrons. The summed E-state index contributed by atoms with van der Waals surface area (Å²) in [5.74, 6) is 1.29. The third-order valence-electron chi connectivity index (χ3n) is 5.10. The summed E-state index contributed by atoms with van der Waals surface area (Å²) in [4.78, 5) is 21.3. The number of oxazole rings is 1. The van der Waals surface area contributed by atoms with Gasteiger partial charge in [-0.25, -0.2) is 0 Å². The fourth-order valence-corrected chi connectivity index (χ4v) is 4.37. The molecule has 0 aromatic carbocycles. The van der Waals surface area contributed by atoms with Crippen molar-refractivity contribution < 1.29 is 13.6 Å². The van der Waals surface area contributed by atoms with Crippen LogP contribution in [0.2, 0.25) is 0 Å². The summed E-state index contributed by atoms with van der Waals surface area (Å²) >= 11 is 1.74. The highest BCUT2D eigenvalue weighted by molar-refractivity contribution is 7.11. The van der Waals surface area contributed by atoms with Gasteiger partial charge in [-0.3, -0.25) is 4.79 Å². The van der Waals surface area contributed by atoms with Gasteiger partial charge in [0.2, 0.25) is 17.5 Å². The maximum absolute atomic E-state index is 12.5. The Balaban J connectivity index is 1.34. The molecule has 29 heavy (non-hydrogen) atoms. The van der Waals surface area contributed by atoms with Crippen molar-refractivity contribution in [2.45, 2.75) is 32.7 Å². The number of piperidine rings is 1. The van der Waals surface area contributed by atoms with Gasteiger partial charge in [0.05, 0.1) is 12.8 Å². The van der Waals surface area contributed by atoms with Crippen molar-refractivity contribution in [3.8, 4) is 17.7 Å². The minimum absolute atomic E-state index is 0.0325. The number of nitrogens with zero attached hydrogens (tertiary/aromatic N) is 3. The first kappa shape index (κ1) is 19.3. The SMILES string of the molecule is CCc1ccc(CNC(=O)C2CCN(c3oc(-c4ccco4)nc3C#N)CC2)s1. The first-order valence-corrected chi connectivity index (χ1v) is 10.5. The number of nitrogens with one attached hydrogen (secondary N) is 1. The minimum Gasteiger partial charge on any atom is -0.459 e. The monoisotopic (exact) mass is 410 g/mol.